The lowest BCUT2D eigenvalue weighted by molar-refractivity contribution is 0.597. The molecule has 15 heavy (non-hydrogen) atoms. The number of nitrogen functional groups attached to an aromatic ring is 1. The predicted molar refractivity (Wildman–Crippen MR) is 56.2 cm³/mol. The molecule has 0 aromatic carbocycles. The third kappa shape index (κ3) is 1.83. The maximum atomic E-state index is 11.9. The summed E-state index contributed by atoms with van der Waals surface area (Å²) in [5, 5.41) is 0.239. The Bertz CT molecular complexity index is 563. The quantitative estimate of drug-likeness (QED) is 0.846. The van der Waals surface area contributed by atoms with Crippen molar-refractivity contribution in [3.05, 3.63) is 30.7 Å². The first kappa shape index (κ1) is 10.1. The van der Waals surface area contributed by atoms with E-state index in [9.17, 15) is 8.42 Å². The van der Waals surface area contributed by atoms with Gasteiger partial charge in [-0.1, -0.05) is 11.3 Å². The van der Waals surface area contributed by atoms with E-state index < -0.39 is 9.84 Å². The van der Waals surface area contributed by atoms with E-state index in [1.54, 1.807) is 0 Å². The molecule has 0 amide bonds. The Kier molecular flexibility index (Phi) is 2.41. The van der Waals surface area contributed by atoms with Gasteiger partial charge in [-0.25, -0.2) is 13.4 Å². The Morgan fingerprint density at radius 2 is 1.93 bits per heavy atom. The predicted octanol–water partition coefficient (Wildman–Crippen LogP) is 0.953. The molecule has 0 atom stereocenters. The van der Waals surface area contributed by atoms with E-state index in [0.29, 0.717) is 0 Å². The molecule has 0 unspecified atom stereocenters. The van der Waals surface area contributed by atoms with Crippen molar-refractivity contribution in [1.29, 1.82) is 0 Å². The van der Waals surface area contributed by atoms with Crippen LogP contribution in [-0.2, 0) is 9.84 Å². The second-order valence-corrected chi connectivity index (χ2v) is 5.94. The zero-order chi connectivity index (χ0) is 10.9. The summed E-state index contributed by atoms with van der Waals surface area (Å²) in [5.74, 6) is 0. The van der Waals surface area contributed by atoms with Gasteiger partial charge in [0.25, 0.3) is 0 Å². The number of nitrogens with zero attached hydrogens (tertiary/aromatic N) is 2. The van der Waals surface area contributed by atoms with Gasteiger partial charge < -0.3 is 5.73 Å². The maximum Gasteiger partial charge on any atom is 0.217 e. The monoisotopic (exact) mass is 241 g/mol. The average molecular weight is 241 g/mol. The van der Waals surface area contributed by atoms with E-state index >= 15 is 0 Å². The molecular formula is C8H7N3O2S2. The van der Waals surface area contributed by atoms with E-state index in [0.717, 1.165) is 11.3 Å². The minimum atomic E-state index is -3.48. The van der Waals surface area contributed by atoms with E-state index in [2.05, 4.69) is 9.97 Å². The van der Waals surface area contributed by atoms with Crippen molar-refractivity contribution >= 4 is 26.3 Å². The Balaban J connectivity index is 2.54. The minimum Gasteiger partial charge on any atom is -0.375 e. The van der Waals surface area contributed by atoms with Gasteiger partial charge in [-0.3, -0.25) is 4.98 Å². The summed E-state index contributed by atoms with van der Waals surface area (Å²) in [6.45, 7) is 0. The molecule has 0 bridgehead atoms. The van der Waals surface area contributed by atoms with Crippen LogP contribution in [0.15, 0.2) is 39.8 Å². The number of thiazole rings is 1. The Labute approximate surface area is 90.5 Å². The van der Waals surface area contributed by atoms with Gasteiger partial charge in [0, 0.05) is 12.4 Å². The number of hydrogen-bond donors (Lipinski definition) is 1. The normalized spacial score (nSPS) is 11.5. The molecule has 5 nitrogen and oxygen atoms in total. The largest absolute Gasteiger partial charge is 0.375 e. The highest BCUT2D eigenvalue weighted by molar-refractivity contribution is 7.93. The molecular weight excluding hydrogens is 234 g/mol. The van der Waals surface area contributed by atoms with Gasteiger partial charge in [0.1, 0.15) is 4.21 Å². The lowest BCUT2D eigenvalue weighted by Gasteiger charge is -1.98. The van der Waals surface area contributed by atoms with Crippen LogP contribution in [0.2, 0.25) is 0 Å². The van der Waals surface area contributed by atoms with Crippen molar-refractivity contribution in [3.8, 4) is 0 Å². The maximum absolute atomic E-state index is 11.9. The van der Waals surface area contributed by atoms with Crippen LogP contribution in [0.3, 0.4) is 0 Å². The van der Waals surface area contributed by atoms with Crippen LogP contribution < -0.4 is 5.73 Å². The lowest BCUT2D eigenvalue weighted by Crippen LogP contribution is -1.99. The molecule has 2 heterocycles. The summed E-state index contributed by atoms with van der Waals surface area (Å²) in [6, 6.07) is 2.87. The van der Waals surface area contributed by atoms with Crippen molar-refractivity contribution in [2.24, 2.45) is 0 Å². The van der Waals surface area contributed by atoms with Crippen LogP contribution in [0.5, 0.6) is 0 Å². The Morgan fingerprint density at radius 1 is 1.27 bits per heavy atom. The van der Waals surface area contributed by atoms with Crippen LogP contribution in [0.25, 0.3) is 0 Å². The fourth-order valence-electron chi connectivity index (χ4n) is 1.03. The van der Waals surface area contributed by atoms with Crippen molar-refractivity contribution in [3.63, 3.8) is 0 Å². The number of rotatable bonds is 2. The van der Waals surface area contributed by atoms with Gasteiger partial charge in [-0.2, -0.15) is 0 Å². The summed E-state index contributed by atoms with van der Waals surface area (Å²) < 4.78 is 24.0. The summed E-state index contributed by atoms with van der Waals surface area (Å²) in [7, 11) is -3.48. The summed E-state index contributed by atoms with van der Waals surface area (Å²) in [4.78, 5) is 7.66. The molecule has 2 rings (SSSR count). The average Bonchev–Trinajstić information content (AvgIpc) is 2.67. The second kappa shape index (κ2) is 3.59. The highest BCUT2D eigenvalue weighted by Crippen LogP contribution is 2.26. The molecule has 2 aromatic rings. The summed E-state index contributed by atoms with van der Waals surface area (Å²) >= 11 is 0.948. The Morgan fingerprint density at radius 3 is 2.47 bits per heavy atom. The fraction of sp³-hybridized carbons (Fsp3) is 0. The van der Waals surface area contributed by atoms with Gasteiger partial charge in [0.2, 0.25) is 9.84 Å². The van der Waals surface area contributed by atoms with Gasteiger partial charge in [0.15, 0.2) is 5.13 Å². The third-order valence-electron chi connectivity index (χ3n) is 1.73. The van der Waals surface area contributed by atoms with E-state index in [1.165, 1.54) is 30.7 Å². The minimum absolute atomic E-state index is 0.145. The highest BCUT2D eigenvalue weighted by atomic mass is 32.2. The molecule has 2 N–H and O–H groups in total. The van der Waals surface area contributed by atoms with Crippen molar-refractivity contribution in [2.45, 2.75) is 9.10 Å². The van der Waals surface area contributed by atoms with Crippen LogP contribution in [0.4, 0.5) is 5.13 Å². The highest BCUT2D eigenvalue weighted by Gasteiger charge is 2.19. The van der Waals surface area contributed by atoms with Crippen molar-refractivity contribution in [2.75, 3.05) is 5.73 Å². The molecule has 0 aliphatic rings. The number of pyridine rings is 1. The molecule has 2 aromatic heterocycles. The third-order valence-corrected chi connectivity index (χ3v) is 4.78. The zero-order valence-corrected chi connectivity index (χ0v) is 9.12. The smallest absolute Gasteiger partial charge is 0.217 e. The number of hydrogen-bond acceptors (Lipinski definition) is 6. The van der Waals surface area contributed by atoms with Crippen molar-refractivity contribution < 1.29 is 8.42 Å². The topological polar surface area (TPSA) is 85.9 Å². The molecule has 0 radical (unpaired) electrons. The molecule has 0 fully saturated rings. The van der Waals surface area contributed by atoms with Gasteiger partial charge in [-0.15, -0.1) is 0 Å². The van der Waals surface area contributed by atoms with Crippen LogP contribution in [0.1, 0.15) is 0 Å². The number of aromatic nitrogens is 2. The number of sulfone groups is 1. The molecule has 0 saturated heterocycles. The van der Waals surface area contributed by atoms with E-state index in [4.69, 9.17) is 5.73 Å². The summed E-state index contributed by atoms with van der Waals surface area (Å²) in [5.41, 5.74) is 5.38. The Hall–Kier alpha value is -1.47. The summed E-state index contributed by atoms with van der Waals surface area (Å²) in [6.07, 6.45) is 4.12. The van der Waals surface area contributed by atoms with Crippen molar-refractivity contribution in [1.82, 2.24) is 9.97 Å². The standard InChI is InChI=1S/C8H7N3O2S2/c9-8-11-5-7(14-8)15(12,13)6-1-3-10-4-2-6/h1-5H,(H2,9,11). The van der Waals surface area contributed by atoms with Crippen LogP contribution in [0, 0.1) is 0 Å². The first-order valence-electron chi connectivity index (χ1n) is 3.97. The molecule has 0 aliphatic carbocycles. The van der Waals surface area contributed by atoms with Gasteiger partial charge >= 0.3 is 0 Å². The molecule has 0 aliphatic heterocycles. The number of nitrogens with two attached hydrogens (primary N) is 1. The van der Waals surface area contributed by atoms with Gasteiger partial charge in [0.05, 0.1) is 11.1 Å². The first-order valence-corrected chi connectivity index (χ1v) is 6.27. The molecule has 0 saturated carbocycles. The first-order chi connectivity index (χ1) is 7.10. The number of anilines is 1. The van der Waals surface area contributed by atoms with Crippen LogP contribution in [-0.4, -0.2) is 18.4 Å². The molecule has 7 heteroatoms. The van der Waals surface area contributed by atoms with Gasteiger partial charge in [-0.05, 0) is 12.1 Å². The van der Waals surface area contributed by atoms with E-state index in [1.807, 2.05) is 0 Å². The van der Waals surface area contributed by atoms with Crippen LogP contribution >= 0.6 is 11.3 Å². The molecule has 0 spiro atoms. The second-order valence-electron chi connectivity index (χ2n) is 2.70. The zero-order valence-electron chi connectivity index (χ0n) is 7.49. The molecule has 78 valence electrons. The lowest BCUT2D eigenvalue weighted by atomic mass is 10.5. The SMILES string of the molecule is Nc1ncc(S(=O)(=O)c2ccncc2)s1. The van der Waals surface area contributed by atoms with E-state index in [-0.39, 0.29) is 14.2 Å². The fourth-order valence-corrected chi connectivity index (χ4v) is 3.33.